The van der Waals surface area contributed by atoms with Crippen LogP contribution < -0.4 is 4.74 Å². The van der Waals surface area contributed by atoms with Gasteiger partial charge in [-0.3, -0.25) is 4.79 Å². The van der Waals surface area contributed by atoms with Crippen LogP contribution in [0.15, 0.2) is 28.9 Å². The van der Waals surface area contributed by atoms with Crippen LogP contribution in [-0.4, -0.2) is 52.3 Å². The fraction of sp³-hybridized carbons (Fsp3) is 0.500. The number of carbonyl (C=O) groups is 1. The number of morpholine rings is 1. The molecule has 132 valence electrons. The van der Waals surface area contributed by atoms with Gasteiger partial charge in [-0.15, -0.1) is 0 Å². The van der Waals surface area contributed by atoms with Crippen molar-refractivity contribution in [3.05, 3.63) is 41.4 Å². The topological polar surface area (TPSA) is 77.7 Å². The van der Waals surface area contributed by atoms with Crippen LogP contribution in [0.4, 0.5) is 0 Å². The molecule has 1 aliphatic heterocycles. The second kappa shape index (κ2) is 6.48. The molecule has 4 rings (SSSR count). The van der Waals surface area contributed by atoms with Crippen LogP contribution in [0.25, 0.3) is 0 Å². The molecule has 0 radical (unpaired) electrons. The van der Waals surface area contributed by atoms with E-state index in [9.17, 15) is 4.79 Å². The van der Waals surface area contributed by atoms with Crippen LogP contribution in [0, 0.1) is 13.8 Å². The summed E-state index contributed by atoms with van der Waals surface area (Å²) >= 11 is 0. The predicted octanol–water partition coefficient (Wildman–Crippen LogP) is 2.14. The molecule has 0 unspecified atom stereocenters. The van der Waals surface area contributed by atoms with E-state index >= 15 is 0 Å². The molecule has 3 heterocycles. The summed E-state index contributed by atoms with van der Waals surface area (Å²) in [5, 5.41) is 3.90. The van der Waals surface area contributed by atoms with Crippen molar-refractivity contribution in [2.45, 2.75) is 44.9 Å². The lowest BCUT2D eigenvalue weighted by molar-refractivity contribution is -0.0793. The van der Waals surface area contributed by atoms with Crippen LogP contribution in [0.2, 0.25) is 0 Å². The molecule has 0 bridgehead atoms. The summed E-state index contributed by atoms with van der Waals surface area (Å²) in [4.78, 5) is 19.1. The smallest absolute Gasteiger partial charge is 0.259 e. The van der Waals surface area contributed by atoms with E-state index in [1.807, 2.05) is 23.1 Å². The van der Waals surface area contributed by atoms with Gasteiger partial charge >= 0.3 is 0 Å². The molecule has 7 heteroatoms. The van der Waals surface area contributed by atoms with E-state index in [-0.39, 0.29) is 24.2 Å². The third-order valence-electron chi connectivity index (χ3n) is 4.95. The van der Waals surface area contributed by atoms with E-state index in [0.717, 1.165) is 12.8 Å². The van der Waals surface area contributed by atoms with Crippen LogP contribution in [0.5, 0.6) is 5.88 Å². The maximum Gasteiger partial charge on any atom is 0.259 e. The molecule has 0 spiro atoms. The summed E-state index contributed by atoms with van der Waals surface area (Å²) in [5.41, 5.74) is 1.19. The van der Waals surface area contributed by atoms with Gasteiger partial charge < -0.3 is 18.9 Å². The van der Waals surface area contributed by atoms with Gasteiger partial charge in [-0.1, -0.05) is 11.2 Å². The van der Waals surface area contributed by atoms with Crippen molar-refractivity contribution in [1.82, 2.24) is 15.0 Å². The van der Waals surface area contributed by atoms with E-state index < -0.39 is 0 Å². The Morgan fingerprint density at radius 1 is 1.32 bits per heavy atom. The average molecular weight is 343 g/mol. The van der Waals surface area contributed by atoms with Gasteiger partial charge in [-0.2, -0.15) is 0 Å². The molecule has 0 aromatic carbocycles. The second-order valence-electron chi connectivity index (χ2n) is 6.50. The van der Waals surface area contributed by atoms with E-state index in [0.29, 0.717) is 36.0 Å². The average Bonchev–Trinajstić information content (AvgIpc) is 3.18. The SMILES string of the molecule is Cc1noc(C)c1C(=O)N1CCO[C@H]2[C@H](Oc3ccccn3)CC[C@@H]21. The number of hydrogen-bond acceptors (Lipinski definition) is 6. The van der Waals surface area contributed by atoms with Crippen molar-refractivity contribution in [2.75, 3.05) is 13.2 Å². The normalized spacial score (nSPS) is 25.7. The zero-order chi connectivity index (χ0) is 17.4. The number of hydrogen-bond donors (Lipinski definition) is 0. The molecular formula is C18H21N3O4. The number of aromatic nitrogens is 2. The molecule has 1 saturated heterocycles. The highest BCUT2D eigenvalue weighted by Crippen LogP contribution is 2.34. The van der Waals surface area contributed by atoms with Crippen LogP contribution in [0.3, 0.4) is 0 Å². The number of rotatable bonds is 3. The molecule has 0 N–H and O–H groups in total. The van der Waals surface area contributed by atoms with Gasteiger partial charge in [0.05, 0.1) is 18.3 Å². The van der Waals surface area contributed by atoms with Crippen LogP contribution in [-0.2, 0) is 4.74 Å². The Morgan fingerprint density at radius 3 is 2.92 bits per heavy atom. The standard InChI is InChI=1S/C18H21N3O4/c1-11-16(12(2)25-20-11)18(22)21-9-10-23-17-13(21)6-7-14(17)24-15-5-3-4-8-19-15/h3-5,8,13-14,17H,6-7,9-10H2,1-2H3/t13-,14+,17+/m0/s1. The molecule has 2 aliphatic rings. The van der Waals surface area contributed by atoms with Gasteiger partial charge in [0.2, 0.25) is 5.88 Å². The highest BCUT2D eigenvalue weighted by molar-refractivity contribution is 5.96. The maximum atomic E-state index is 13.0. The van der Waals surface area contributed by atoms with Crippen molar-refractivity contribution in [2.24, 2.45) is 0 Å². The lowest BCUT2D eigenvalue weighted by atomic mass is 10.1. The van der Waals surface area contributed by atoms with Crippen molar-refractivity contribution in [3.8, 4) is 5.88 Å². The third kappa shape index (κ3) is 2.89. The monoisotopic (exact) mass is 343 g/mol. The quantitative estimate of drug-likeness (QED) is 0.850. The summed E-state index contributed by atoms with van der Waals surface area (Å²) in [6.07, 6.45) is 3.14. The Balaban J connectivity index is 1.52. The number of aryl methyl sites for hydroxylation is 2. The Bertz CT molecular complexity index is 741. The Hall–Kier alpha value is -2.41. The fourth-order valence-corrected chi connectivity index (χ4v) is 3.80. The first-order valence-electron chi connectivity index (χ1n) is 8.58. The summed E-state index contributed by atoms with van der Waals surface area (Å²) in [7, 11) is 0. The van der Waals surface area contributed by atoms with Gasteiger partial charge in [-0.25, -0.2) is 4.98 Å². The van der Waals surface area contributed by atoms with Gasteiger partial charge in [-0.05, 0) is 32.8 Å². The van der Waals surface area contributed by atoms with Gasteiger partial charge in [0.15, 0.2) is 0 Å². The maximum absolute atomic E-state index is 13.0. The minimum absolute atomic E-state index is 0.00339. The molecule has 3 atom stereocenters. The number of fused-ring (bicyclic) bond motifs is 1. The van der Waals surface area contributed by atoms with Gasteiger partial charge in [0, 0.05) is 18.8 Å². The minimum atomic E-state index is -0.139. The molecule has 7 nitrogen and oxygen atoms in total. The molecule has 1 saturated carbocycles. The highest BCUT2D eigenvalue weighted by Gasteiger charge is 2.46. The molecule has 1 amide bonds. The van der Waals surface area contributed by atoms with Crippen molar-refractivity contribution in [1.29, 1.82) is 0 Å². The molecule has 2 fully saturated rings. The molecule has 2 aromatic heterocycles. The van der Waals surface area contributed by atoms with Crippen LogP contribution >= 0.6 is 0 Å². The van der Waals surface area contributed by atoms with E-state index in [1.165, 1.54) is 0 Å². The Kier molecular flexibility index (Phi) is 4.17. The number of nitrogens with zero attached hydrogens (tertiary/aromatic N) is 3. The first-order chi connectivity index (χ1) is 12.1. The molecule has 25 heavy (non-hydrogen) atoms. The van der Waals surface area contributed by atoms with Crippen molar-refractivity contribution in [3.63, 3.8) is 0 Å². The number of ether oxygens (including phenoxy) is 2. The molecular weight excluding hydrogens is 322 g/mol. The molecule has 1 aliphatic carbocycles. The summed E-state index contributed by atoms with van der Waals surface area (Å²) in [6.45, 7) is 4.63. The highest BCUT2D eigenvalue weighted by atomic mass is 16.5. The second-order valence-corrected chi connectivity index (χ2v) is 6.50. The lowest BCUT2D eigenvalue weighted by Gasteiger charge is -2.38. The molecule has 2 aromatic rings. The minimum Gasteiger partial charge on any atom is -0.471 e. The fourth-order valence-electron chi connectivity index (χ4n) is 3.80. The first-order valence-corrected chi connectivity index (χ1v) is 8.58. The Morgan fingerprint density at radius 2 is 2.20 bits per heavy atom. The number of carbonyl (C=O) groups excluding carboxylic acids is 1. The van der Waals surface area contributed by atoms with Crippen LogP contribution in [0.1, 0.15) is 34.7 Å². The van der Waals surface area contributed by atoms with Crippen molar-refractivity contribution >= 4 is 5.91 Å². The number of pyridine rings is 1. The largest absolute Gasteiger partial charge is 0.471 e. The van der Waals surface area contributed by atoms with Gasteiger partial charge in [0.25, 0.3) is 5.91 Å². The zero-order valence-corrected chi connectivity index (χ0v) is 14.3. The Labute approximate surface area is 145 Å². The third-order valence-corrected chi connectivity index (χ3v) is 4.95. The summed E-state index contributed by atoms with van der Waals surface area (Å²) in [5.74, 6) is 1.11. The lowest BCUT2D eigenvalue weighted by Crippen LogP contribution is -2.54. The predicted molar refractivity (Wildman–Crippen MR) is 88.4 cm³/mol. The van der Waals surface area contributed by atoms with Crippen molar-refractivity contribution < 1.29 is 18.8 Å². The first kappa shape index (κ1) is 16.1. The number of amides is 1. The van der Waals surface area contributed by atoms with E-state index in [1.54, 1.807) is 20.0 Å². The summed E-state index contributed by atoms with van der Waals surface area (Å²) < 4.78 is 17.1. The van der Waals surface area contributed by atoms with E-state index in [2.05, 4.69) is 10.1 Å². The van der Waals surface area contributed by atoms with Gasteiger partial charge in [0.1, 0.15) is 23.5 Å². The summed E-state index contributed by atoms with van der Waals surface area (Å²) in [6, 6.07) is 5.58. The van der Waals surface area contributed by atoms with E-state index in [4.69, 9.17) is 14.0 Å². The zero-order valence-electron chi connectivity index (χ0n) is 14.3.